The summed E-state index contributed by atoms with van der Waals surface area (Å²) < 4.78 is 6.30. The van der Waals surface area contributed by atoms with E-state index in [9.17, 15) is 0 Å². The second-order valence-corrected chi connectivity index (χ2v) is 5.68. The summed E-state index contributed by atoms with van der Waals surface area (Å²) in [6.45, 7) is 0. The molecule has 5 heteroatoms. The largest absolute Gasteiger partial charge is 0.337 e. The van der Waals surface area contributed by atoms with E-state index < -0.39 is 0 Å². The van der Waals surface area contributed by atoms with Crippen molar-refractivity contribution in [3.63, 3.8) is 0 Å². The Kier molecular flexibility index (Phi) is 4.13. The van der Waals surface area contributed by atoms with E-state index in [2.05, 4.69) is 26.1 Å². The Morgan fingerprint density at radius 2 is 1.76 bits per heavy atom. The van der Waals surface area contributed by atoms with E-state index in [0.29, 0.717) is 18.1 Å². The number of rotatable bonds is 4. The van der Waals surface area contributed by atoms with Crippen molar-refractivity contribution in [1.29, 1.82) is 0 Å². The minimum Gasteiger partial charge on any atom is -0.337 e. The molecule has 0 amide bonds. The van der Waals surface area contributed by atoms with E-state index in [1.165, 1.54) is 0 Å². The lowest BCUT2D eigenvalue weighted by Gasteiger charge is -2.05. The van der Waals surface area contributed by atoms with E-state index in [1.807, 2.05) is 54.6 Å². The van der Waals surface area contributed by atoms with Crippen LogP contribution in [0.1, 0.15) is 17.5 Å². The van der Waals surface area contributed by atoms with Gasteiger partial charge in [0.25, 0.3) is 0 Å². The molecule has 0 aliphatic rings. The predicted octanol–water partition coefficient (Wildman–Crippen LogP) is 3.74. The molecule has 0 saturated carbocycles. The van der Waals surface area contributed by atoms with Crippen LogP contribution in [0.2, 0.25) is 0 Å². The second kappa shape index (κ2) is 6.20. The number of hydrogen-bond donors (Lipinski definition) is 1. The van der Waals surface area contributed by atoms with E-state index in [-0.39, 0.29) is 6.04 Å². The number of benzene rings is 2. The Morgan fingerprint density at radius 1 is 1.05 bits per heavy atom. The van der Waals surface area contributed by atoms with Crippen LogP contribution in [0, 0.1) is 0 Å². The molecule has 3 aromatic rings. The average Bonchev–Trinajstić information content (AvgIpc) is 2.99. The molecule has 1 aromatic heterocycles. The van der Waals surface area contributed by atoms with E-state index in [4.69, 9.17) is 10.3 Å². The summed E-state index contributed by atoms with van der Waals surface area (Å²) >= 11 is 3.40. The third-order valence-corrected chi connectivity index (χ3v) is 3.69. The summed E-state index contributed by atoms with van der Waals surface area (Å²) in [5, 5.41) is 4.00. The Balaban J connectivity index is 1.76. The molecule has 1 atom stereocenters. The molecule has 1 heterocycles. The van der Waals surface area contributed by atoms with Crippen LogP contribution in [0.3, 0.4) is 0 Å². The third-order valence-electron chi connectivity index (χ3n) is 3.16. The molecule has 0 aliphatic heterocycles. The van der Waals surface area contributed by atoms with E-state index >= 15 is 0 Å². The fraction of sp³-hybridized carbons (Fsp3) is 0.125. The lowest BCUT2D eigenvalue weighted by molar-refractivity contribution is 0.354. The summed E-state index contributed by atoms with van der Waals surface area (Å²) in [7, 11) is 0. The molecular formula is C16H14BrN3O. The van der Waals surface area contributed by atoms with Gasteiger partial charge in [-0.1, -0.05) is 51.4 Å². The highest BCUT2D eigenvalue weighted by Gasteiger charge is 2.16. The lowest BCUT2D eigenvalue weighted by atomic mass is 10.1. The van der Waals surface area contributed by atoms with Gasteiger partial charge in [0.05, 0.1) is 6.04 Å². The van der Waals surface area contributed by atoms with Crippen molar-refractivity contribution in [2.24, 2.45) is 5.73 Å². The van der Waals surface area contributed by atoms with E-state index in [0.717, 1.165) is 15.6 Å². The van der Waals surface area contributed by atoms with Gasteiger partial charge in [0.2, 0.25) is 11.7 Å². The van der Waals surface area contributed by atoms with Crippen LogP contribution in [0.25, 0.3) is 11.4 Å². The fourth-order valence-electron chi connectivity index (χ4n) is 2.06. The minimum atomic E-state index is -0.302. The first-order chi connectivity index (χ1) is 10.2. The molecule has 0 aliphatic carbocycles. The highest BCUT2D eigenvalue weighted by Crippen LogP contribution is 2.21. The molecule has 0 bridgehead atoms. The van der Waals surface area contributed by atoms with Crippen LogP contribution in [0.15, 0.2) is 63.6 Å². The SMILES string of the molecule is N[C@@H](Cc1ccccc1)c1nc(-c2ccc(Br)cc2)no1. The summed E-state index contributed by atoms with van der Waals surface area (Å²) in [5.74, 6) is 1.01. The second-order valence-electron chi connectivity index (χ2n) is 4.76. The third kappa shape index (κ3) is 3.37. The summed E-state index contributed by atoms with van der Waals surface area (Å²) in [6.07, 6.45) is 0.669. The first-order valence-corrected chi connectivity index (χ1v) is 7.41. The number of nitrogens with two attached hydrogens (primary N) is 1. The average molecular weight is 344 g/mol. The lowest BCUT2D eigenvalue weighted by Crippen LogP contribution is -2.13. The molecule has 0 spiro atoms. The van der Waals surface area contributed by atoms with Gasteiger partial charge in [-0.3, -0.25) is 0 Å². The van der Waals surface area contributed by atoms with Crippen molar-refractivity contribution in [3.05, 3.63) is 70.5 Å². The Bertz CT molecular complexity index is 710. The number of halogens is 1. The number of nitrogens with zero attached hydrogens (tertiary/aromatic N) is 2. The standard InChI is InChI=1S/C16H14BrN3O/c17-13-8-6-12(7-9-13)15-19-16(21-20-15)14(18)10-11-4-2-1-3-5-11/h1-9,14H,10,18H2/t14-/m0/s1. The topological polar surface area (TPSA) is 64.9 Å². The Morgan fingerprint density at radius 3 is 2.48 bits per heavy atom. The quantitative estimate of drug-likeness (QED) is 0.783. The van der Waals surface area contributed by atoms with Gasteiger partial charge >= 0.3 is 0 Å². The van der Waals surface area contributed by atoms with Crippen molar-refractivity contribution in [3.8, 4) is 11.4 Å². The van der Waals surface area contributed by atoms with Gasteiger partial charge < -0.3 is 10.3 Å². The monoisotopic (exact) mass is 343 g/mol. The fourth-order valence-corrected chi connectivity index (χ4v) is 2.32. The molecule has 3 rings (SSSR count). The van der Waals surface area contributed by atoms with Gasteiger partial charge in [-0.15, -0.1) is 0 Å². The Labute approximate surface area is 131 Å². The molecule has 2 aromatic carbocycles. The van der Waals surface area contributed by atoms with Crippen LogP contribution in [-0.2, 0) is 6.42 Å². The maximum absolute atomic E-state index is 6.14. The molecule has 2 N–H and O–H groups in total. The van der Waals surface area contributed by atoms with Crippen molar-refractivity contribution >= 4 is 15.9 Å². The van der Waals surface area contributed by atoms with Crippen LogP contribution < -0.4 is 5.73 Å². The van der Waals surface area contributed by atoms with Crippen LogP contribution in [-0.4, -0.2) is 10.1 Å². The molecule has 4 nitrogen and oxygen atoms in total. The molecule has 0 fully saturated rings. The zero-order valence-electron chi connectivity index (χ0n) is 11.2. The molecule has 106 valence electrons. The number of aromatic nitrogens is 2. The van der Waals surface area contributed by atoms with Crippen LogP contribution in [0.5, 0.6) is 0 Å². The van der Waals surface area contributed by atoms with Gasteiger partial charge in [0.15, 0.2) is 0 Å². The van der Waals surface area contributed by atoms with Gasteiger partial charge in [-0.05, 0) is 36.2 Å². The summed E-state index contributed by atoms with van der Waals surface area (Å²) in [5.41, 5.74) is 8.19. The summed E-state index contributed by atoms with van der Waals surface area (Å²) in [6, 6.07) is 17.5. The molecule has 0 unspecified atom stereocenters. The van der Waals surface area contributed by atoms with Crippen molar-refractivity contribution in [2.75, 3.05) is 0 Å². The van der Waals surface area contributed by atoms with Gasteiger partial charge in [0.1, 0.15) is 0 Å². The first-order valence-electron chi connectivity index (χ1n) is 6.61. The molecular weight excluding hydrogens is 330 g/mol. The van der Waals surface area contributed by atoms with Gasteiger partial charge in [-0.25, -0.2) is 0 Å². The van der Waals surface area contributed by atoms with Crippen molar-refractivity contribution in [2.45, 2.75) is 12.5 Å². The maximum atomic E-state index is 6.14. The van der Waals surface area contributed by atoms with Gasteiger partial charge in [0, 0.05) is 10.0 Å². The smallest absolute Gasteiger partial charge is 0.244 e. The first kappa shape index (κ1) is 14.0. The predicted molar refractivity (Wildman–Crippen MR) is 84.5 cm³/mol. The zero-order chi connectivity index (χ0) is 14.7. The van der Waals surface area contributed by atoms with Crippen molar-refractivity contribution < 1.29 is 4.52 Å². The molecule has 21 heavy (non-hydrogen) atoms. The van der Waals surface area contributed by atoms with E-state index in [1.54, 1.807) is 0 Å². The van der Waals surface area contributed by atoms with Crippen LogP contribution >= 0.6 is 15.9 Å². The van der Waals surface area contributed by atoms with Crippen molar-refractivity contribution in [1.82, 2.24) is 10.1 Å². The molecule has 0 saturated heterocycles. The van der Waals surface area contributed by atoms with Gasteiger partial charge in [-0.2, -0.15) is 4.98 Å². The Hall–Kier alpha value is -1.98. The van der Waals surface area contributed by atoms with Crippen LogP contribution in [0.4, 0.5) is 0 Å². The minimum absolute atomic E-state index is 0.302. The summed E-state index contributed by atoms with van der Waals surface area (Å²) in [4.78, 5) is 4.39. The number of hydrogen-bond acceptors (Lipinski definition) is 4. The normalized spacial score (nSPS) is 12.3. The zero-order valence-corrected chi connectivity index (χ0v) is 12.8. The highest BCUT2D eigenvalue weighted by molar-refractivity contribution is 9.10. The highest BCUT2D eigenvalue weighted by atomic mass is 79.9. The maximum Gasteiger partial charge on any atom is 0.244 e. The molecule has 0 radical (unpaired) electrons.